The number of Topliss-reactive ketones (excluding diaryl/α,β-unsaturated/α-hetero) is 1. The third kappa shape index (κ3) is 4.58. The summed E-state index contributed by atoms with van der Waals surface area (Å²) in [4.78, 5) is 27.0. The molecule has 0 spiro atoms. The summed E-state index contributed by atoms with van der Waals surface area (Å²) >= 11 is 0. The maximum atomic E-state index is 13.5. The second-order valence-corrected chi connectivity index (χ2v) is 9.60. The zero-order chi connectivity index (χ0) is 24.5. The highest BCUT2D eigenvalue weighted by atomic mass is 16.5. The molecule has 34 heavy (non-hydrogen) atoms. The van der Waals surface area contributed by atoms with E-state index in [-0.39, 0.29) is 17.8 Å². The van der Waals surface area contributed by atoms with Crippen LogP contribution in [-0.4, -0.2) is 26.0 Å². The Morgan fingerprint density at radius 1 is 1.06 bits per heavy atom. The number of hydrogen-bond acceptors (Lipinski definition) is 6. The molecule has 178 valence electrons. The highest BCUT2D eigenvalue weighted by molar-refractivity contribution is 6.04. The number of esters is 1. The Kier molecular flexibility index (Phi) is 6.51. The molecule has 0 aromatic heterocycles. The number of hydrogen-bond donors (Lipinski definition) is 1. The lowest BCUT2D eigenvalue weighted by atomic mass is 9.68. The number of rotatable bonds is 6. The van der Waals surface area contributed by atoms with Gasteiger partial charge in [-0.15, -0.1) is 0 Å². The number of carbonyl (C=O) groups excluding carboxylic acids is 2. The summed E-state index contributed by atoms with van der Waals surface area (Å²) in [6, 6.07) is 15.0. The van der Waals surface area contributed by atoms with Gasteiger partial charge in [-0.2, -0.15) is 0 Å². The monoisotopic (exact) mass is 461 g/mol. The topological polar surface area (TPSA) is 73.9 Å². The molecule has 1 atom stereocenters. The molecule has 2 aromatic carbocycles. The van der Waals surface area contributed by atoms with Crippen molar-refractivity contribution in [2.24, 2.45) is 5.41 Å². The van der Waals surface area contributed by atoms with Crippen LogP contribution in [0.4, 0.5) is 0 Å². The Morgan fingerprint density at radius 2 is 1.79 bits per heavy atom. The predicted octanol–water partition coefficient (Wildman–Crippen LogP) is 5.05. The second kappa shape index (κ2) is 9.37. The number of ether oxygens (including phenoxy) is 3. The Morgan fingerprint density at radius 3 is 2.47 bits per heavy atom. The van der Waals surface area contributed by atoms with Gasteiger partial charge in [0.25, 0.3) is 0 Å². The lowest BCUT2D eigenvalue weighted by Crippen LogP contribution is -2.38. The van der Waals surface area contributed by atoms with Gasteiger partial charge in [-0.25, -0.2) is 4.79 Å². The summed E-state index contributed by atoms with van der Waals surface area (Å²) in [6.45, 7) is 6.17. The van der Waals surface area contributed by atoms with Gasteiger partial charge in [-0.3, -0.25) is 4.79 Å². The molecule has 0 saturated heterocycles. The maximum Gasteiger partial charge on any atom is 0.337 e. The zero-order valence-corrected chi connectivity index (χ0v) is 20.4. The van der Waals surface area contributed by atoms with Crippen LogP contribution in [0.1, 0.15) is 50.7 Å². The largest absolute Gasteiger partial charge is 0.497 e. The normalized spacial score (nSPS) is 19.3. The Bertz CT molecular complexity index is 1180. The van der Waals surface area contributed by atoms with E-state index in [0.717, 1.165) is 11.3 Å². The van der Waals surface area contributed by atoms with E-state index in [0.29, 0.717) is 46.7 Å². The molecule has 0 bridgehead atoms. The molecule has 6 nitrogen and oxygen atoms in total. The minimum absolute atomic E-state index is 0.0227. The summed E-state index contributed by atoms with van der Waals surface area (Å²) in [5.41, 5.74) is 3.97. The number of dihydropyridines is 1. The first-order valence-corrected chi connectivity index (χ1v) is 11.4. The highest BCUT2D eigenvalue weighted by Gasteiger charge is 2.44. The third-order valence-corrected chi connectivity index (χ3v) is 6.42. The van der Waals surface area contributed by atoms with Gasteiger partial charge in [0, 0.05) is 29.0 Å². The molecule has 6 heteroatoms. The summed E-state index contributed by atoms with van der Waals surface area (Å²) in [7, 11) is 3.17. The first-order chi connectivity index (χ1) is 16.2. The fourth-order valence-corrected chi connectivity index (χ4v) is 4.88. The quantitative estimate of drug-likeness (QED) is 0.607. The molecule has 0 saturated carbocycles. The number of benzene rings is 2. The lowest BCUT2D eigenvalue weighted by molar-refractivity contribution is -0.140. The third-order valence-electron chi connectivity index (χ3n) is 6.42. The fourth-order valence-electron chi connectivity index (χ4n) is 4.88. The van der Waals surface area contributed by atoms with E-state index >= 15 is 0 Å². The first-order valence-electron chi connectivity index (χ1n) is 11.4. The average Bonchev–Trinajstić information content (AvgIpc) is 2.81. The molecule has 1 aliphatic carbocycles. The van der Waals surface area contributed by atoms with Crippen LogP contribution in [0, 0.1) is 5.41 Å². The number of allylic oxidation sites excluding steroid dienone is 3. The molecule has 1 N–H and O–H groups in total. The molecule has 1 aliphatic heterocycles. The molecular formula is C28H31NO5. The van der Waals surface area contributed by atoms with Crippen LogP contribution in [0.25, 0.3) is 0 Å². The van der Waals surface area contributed by atoms with Gasteiger partial charge in [0.1, 0.15) is 18.1 Å². The van der Waals surface area contributed by atoms with Crippen LogP contribution in [-0.2, 0) is 20.9 Å². The van der Waals surface area contributed by atoms with E-state index in [1.165, 1.54) is 0 Å². The van der Waals surface area contributed by atoms with Crippen LogP contribution in [0.15, 0.2) is 71.1 Å². The smallest absolute Gasteiger partial charge is 0.337 e. The van der Waals surface area contributed by atoms with Crippen molar-refractivity contribution >= 4 is 11.8 Å². The van der Waals surface area contributed by atoms with Crippen LogP contribution in [0.5, 0.6) is 11.5 Å². The van der Waals surface area contributed by atoms with Gasteiger partial charge in [-0.05, 0) is 42.5 Å². The fraction of sp³-hybridized carbons (Fsp3) is 0.357. The van der Waals surface area contributed by atoms with Crippen molar-refractivity contribution in [3.63, 3.8) is 0 Å². The Balaban J connectivity index is 1.82. The average molecular weight is 462 g/mol. The van der Waals surface area contributed by atoms with Gasteiger partial charge in [-0.1, -0.05) is 44.2 Å². The molecule has 4 rings (SSSR count). The van der Waals surface area contributed by atoms with Crippen molar-refractivity contribution in [3.05, 3.63) is 82.2 Å². The second-order valence-electron chi connectivity index (χ2n) is 9.60. The minimum atomic E-state index is -0.617. The summed E-state index contributed by atoms with van der Waals surface area (Å²) in [6.07, 6.45) is 1.11. The number of ketones is 1. The van der Waals surface area contributed by atoms with E-state index in [1.807, 2.05) is 43.3 Å². The molecule has 0 amide bonds. The van der Waals surface area contributed by atoms with Crippen LogP contribution < -0.4 is 14.8 Å². The van der Waals surface area contributed by atoms with Gasteiger partial charge in [0.05, 0.1) is 25.7 Å². The van der Waals surface area contributed by atoms with E-state index in [1.54, 1.807) is 26.4 Å². The lowest BCUT2D eigenvalue weighted by Gasteiger charge is -2.39. The van der Waals surface area contributed by atoms with E-state index in [9.17, 15) is 9.59 Å². The first kappa shape index (κ1) is 23.6. The van der Waals surface area contributed by atoms with Gasteiger partial charge >= 0.3 is 5.97 Å². The molecule has 0 radical (unpaired) electrons. The van der Waals surface area contributed by atoms with Crippen LogP contribution >= 0.6 is 0 Å². The van der Waals surface area contributed by atoms with Gasteiger partial charge < -0.3 is 19.5 Å². The van der Waals surface area contributed by atoms with Crippen LogP contribution in [0.2, 0.25) is 0 Å². The standard InChI is InChI=1S/C28H31NO5/c1-17-24(27(31)34-16-18-9-7-6-8-10-18)25(20-13-19(32-4)11-12-23(20)33-5)26-21(29-17)14-28(2,3)15-22(26)30/h6-13,25,29H,14-16H2,1-5H3/t25-/m1/s1. The molecule has 0 unspecified atom stereocenters. The number of carbonyl (C=O) groups is 2. The van der Waals surface area contributed by atoms with Crippen molar-refractivity contribution in [2.75, 3.05) is 14.2 Å². The van der Waals surface area contributed by atoms with Crippen LogP contribution in [0.3, 0.4) is 0 Å². The van der Waals surface area contributed by atoms with Crippen molar-refractivity contribution in [2.45, 2.75) is 46.1 Å². The molecular weight excluding hydrogens is 430 g/mol. The molecule has 2 aliphatic rings. The van der Waals surface area contributed by atoms with E-state index in [2.05, 4.69) is 19.2 Å². The van der Waals surface area contributed by atoms with Crippen molar-refractivity contribution in [1.82, 2.24) is 5.32 Å². The highest BCUT2D eigenvalue weighted by Crippen LogP contribution is 2.49. The summed E-state index contributed by atoms with van der Waals surface area (Å²) in [5, 5.41) is 3.36. The van der Waals surface area contributed by atoms with Crippen molar-refractivity contribution in [3.8, 4) is 11.5 Å². The zero-order valence-electron chi connectivity index (χ0n) is 20.4. The number of nitrogens with one attached hydrogen (secondary N) is 1. The van der Waals surface area contributed by atoms with Gasteiger partial charge in [0.2, 0.25) is 0 Å². The van der Waals surface area contributed by atoms with Crippen molar-refractivity contribution < 1.29 is 23.8 Å². The van der Waals surface area contributed by atoms with E-state index < -0.39 is 11.9 Å². The molecule has 2 aromatic rings. The van der Waals surface area contributed by atoms with E-state index in [4.69, 9.17) is 14.2 Å². The maximum absolute atomic E-state index is 13.5. The Hall–Kier alpha value is -3.54. The minimum Gasteiger partial charge on any atom is -0.497 e. The summed E-state index contributed by atoms with van der Waals surface area (Å²) in [5.74, 6) is 0.142. The SMILES string of the molecule is COc1ccc(OC)c([C@@H]2C(C(=O)OCc3ccccc3)=C(C)NC3=C2C(=O)CC(C)(C)C3)c1. The summed E-state index contributed by atoms with van der Waals surface area (Å²) < 4.78 is 16.9. The number of methoxy groups -OCH3 is 2. The molecule has 1 heterocycles. The Labute approximate surface area is 200 Å². The predicted molar refractivity (Wildman–Crippen MR) is 129 cm³/mol. The molecule has 0 fully saturated rings. The van der Waals surface area contributed by atoms with Gasteiger partial charge in [0.15, 0.2) is 5.78 Å². The van der Waals surface area contributed by atoms with Crippen molar-refractivity contribution in [1.29, 1.82) is 0 Å².